The Hall–Kier alpha value is -1.77. The second-order valence-corrected chi connectivity index (χ2v) is 4.50. The van der Waals surface area contributed by atoms with Crippen LogP contribution in [-0.4, -0.2) is 28.9 Å². The summed E-state index contributed by atoms with van der Waals surface area (Å²) in [6.45, 7) is 3.99. The van der Waals surface area contributed by atoms with Gasteiger partial charge < -0.3 is 9.88 Å². The van der Waals surface area contributed by atoms with Gasteiger partial charge in [-0.05, 0) is 31.4 Å². The number of nitrogens with zero attached hydrogens (tertiary/aromatic N) is 1. The van der Waals surface area contributed by atoms with Crippen LogP contribution in [0.5, 0.6) is 0 Å². The molecule has 0 bridgehead atoms. The first-order chi connectivity index (χ1) is 8.08. The average molecular weight is 229 g/mol. The van der Waals surface area contributed by atoms with Crippen molar-refractivity contribution in [2.24, 2.45) is 0 Å². The summed E-state index contributed by atoms with van der Waals surface area (Å²) in [6, 6.07) is 10.2. The molecule has 1 heterocycles. The molecule has 0 saturated carbocycles. The Morgan fingerprint density at radius 2 is 2.06 bits per heavy atom. The van der Waals surface area contributed by atoms with Crippen molar-refractivity contribution in [3.05, 3.63) is 42.4 Å². The van der Waals surface area contributed by atoms with Crippen molar-refractivity contribution in [2.75, 3.05) is 7.05 Å². The lowest BCUT2D eigenvalue weighted by atomic mass is 10.2. The van der Waals surface area contributed by atoms with Crippen LogP contribution in [0, 0.1) is 6.42 Å². The highest BCUT2D eigenvalue weighted by Gasteiger charge is 2.14. The maximum Gasteiger partial charge on any atom is 0.232 e. The van der Waals surface area contributed by atoms with Gasteiger partial charge in [-0.2, -0.15) is 0 Å². The van der Waals surface area contributed by atoms with E-state index in [0.29, 0.717) is 0 Å². The molecule has 2 rings (SSSR count). The van der Waals surface area contributed by atoms with E-state index >= 15 is 0 Å². The maximum atomic E-state index is 11.9. The molecule has 17 heavy (non-hydrogen) atoms. The molecule has 0 aliphatic carbocycles. The lowest BCUT2D eigenvalue weighted by molar-refractivity contribution is -0.127. The van der Waals surface area contributed by atoms with Crippen LogP contribution in [0.15, 0.2) is 30.3 Å². The van der Waals surface area contributed by atoms with Crippen LogP contribution in [0.1, 0.15) is 19.5 Å². The Kier molecular flexibility index (Phi) is 3.18. The molecule has 1 aromatic carbocycles. The van der Waals surface area contributed by atoms with Gasteiger partial charge in [0.15, 0.2) is 0 Å². The number of para-hydroxylation sites is 1. The highest BCUT2D eigenvalue weighted by Crippen LogP contribution is 2.16. The van der Waals surface area contributed by atoms with E-state index in [0.717, 1.165) is 16.6 Å². The van der Waals surface area contributed by atoms with Crippen molar-refractivity contribution < 1.29 is 4.79 Å². The number of carbonyl (C=O) groups excluding carboxylic acids is 1. The van der Waals surface area contributed by atoms with Gasteiger partial charge in [0.1, 0.15) is 0 Å². The fourth-order valence-electron chi connectivity index (χ4n) is 1.66. The molecule has 0 fully saturated rings. The zero-order chi connectivity index (χ0) is 12.4. The third kappa shape index (κ3) is 2.49. The summed E-state index contributed by atoms with van der Waals surface area (Å²) in [6.07, 6.45) is 1.64. The molecule has 0 aliphatic heterocycles. The predicted octanol–water partition coefficient (Wildman–Crippen LogP) is 2.59. The zero-order valence-electron chi connectivity index (χ0n) is 10.4. The van der Waals surface area contributed by atoms with E-state index in [1.165, 1.54) is 0 Å². The average Bonchev–Trinajstić information content (AvgIpc) is 2.69. The van der Waals surface area contributed by atoms with Crippen LogP contribution in [0.3, 0.4) is 0 Å². The van der Waals surface area contributed by atoms with Crippen molar-refractivity contribution in [3.8, 4) is 0 Å². The summed E-state index contributed by atoms with van der Waals surface area (Å²) in [5.41, 5.74) is 1.91. The van der Waals surface area contributed by atoms with Gasteiger partial charge in [0.05, 0.1) is 6.42 Å². The molecule has 1 aromatic heterocycles. The first kappa shape index (κ1) is 11.7. The van der Waals surface area contributed by atoms with Gasteiger partial charge in [-0.3, -0.25) is 4.79 Å². The van der Waals surface area contributed by atoms with E-state index in [4.69, 9.17) is 0 Å². The molecule has 0 atom stereocenters. The van der Waals surface area contributed by atoms with Crippen LogP contribution in [-0.2, 0) is 4.79 Å². The molecule has 0 spiro atoms. The van der Waals surface area contributed by atoms with Gasteiger partial charge in [0.25, 0.3) is 0 Å². The van der Waals surface area contributed by atoms with Crippen LogP contribution in [0.2, 0.25) is 0 Å². The second kappa shape index (κ2) is 4.62. The number of H-pyrrole nitrogens is 1. The van der Waals surface area contributed by atoms with Crippen LogP contribution < -0.4 is 0 Å². The standard InChI is InChI=1S/C14H17N2O/c1-10(2)16(3)14(17)9-12-8-11-6-4-5-7-13(11)15-12/h4-10,15H,1-3H3. The molecular formula is C14H17N2O. The van der Waals surface area contributed by atoms with Crippen molar-refractivity contribution in [1.82, 2.24) is 9.88 Å². The minimum atomic E-state index is 0.0200. The Bertz CT molecular complexity index is 495. The third-order valence-electron chi connectivity index (χ3n) is 2.95. The highest BCUT2D eigenvalue weighted by atomic mass is 16.2. The summed E-state index contributed by atoms with van der Waals surface area (Å²) < 4.78 is 0. The van der Waals surface area contributed by atoms with Crippen molar-refractivity contribution >= 4 is 16.8 Å². The van der Waals surface area contributed by atoms with Crippen LogP contribution in [0.4, 0.5) is 0 Å². The van der Waals surface area contributed by atoms with Crippen molar-refractivity contribution in [1.29, 1.82) is 0 Å². The van der Waals surface area contributed by atoms with Crippen molar-refractivity contribution in [2.45, 2.75) is 19.9 Å². The van der Waals surface area contributed by atoms with E-state index in [2.05, 4.69) is 4.98 Å². The normalized spacial score (nSPS) is 11.1. The minimum Gasteiger partial charge on any atom is -0.358 e. The smallest absolute Gasteiger partial charge is 0.232 e. The number of aromatic nitrogens is 1. The van der Waals surface area contributed by atoms with Gasteiger partial charge in [-0.1, -0.05) is 18.2 Å². The Labute approximate surface area is 101 Å². The number of likely N-dealkylation sites (N-methyl/N-ethyl adjacent to an activating group) is 1. The first-order valence-electron chi connectivity index (χ1n) is 5.77. The number of carbonyl (C=O) groups is 1. The van der Waals surface area contributed by atoms with E-state index in [1.54, 1.807) is 11.3 Å². The summed E-state index contributed by atoms with van der Waals surface area (Å²) in [7, 11) is 1.81. The van der Waals surface area contributed by atoms with E-state index in [-0.39, 0.29) is 11.9 Å². The Morgan fingerprint density at radius 3 is 2.71 bits per heavy atom. The number of nitrogens with one attached hydrogen (secondary N) is 1. The SMILES string of the molecule is CC(C)N(C)C(=O)[CH]c1cc2ccccc2[nH]1. The largest absolute Gasteiger partial charge is 0.358 e. The van der Waals surface area contributed by atoms with Crippen molar-refractivity contribution in [3.63, 3.8) is 0 Å². The van der Waals surface area contributed by atoms with Crippen LogP contribution >= 0.6 is 0 Å². The highest BCUT2D eigenvalue weighted by molar-refractivity contribution is 5.90. The predicted molar refractivity (Wildman–Crippen MR) is 69.6 cm³/mol. The Balaban J connectivity index is 2.16. The monoisotopic (exact) mass is 229 g/mol. The number of fused-ring (bicyclic) bond motifs is 1. The summed E-state index contributed by atoms with van der Waals surface area (Å²) in [5.74, 6) is 0.0200. The van der Waals surface area contributed by atoms with Gasteiger partial charge in [-0.15, -0.1) is 0 Å². The number of hydrogen-bond donors (Lipinski definition) is 1. The lowest BCUT2D eigenvalue weighted by Crippen LogP contribution is -2.33. The number of benzene rings is 1. The van der Waals surface area contributed by atoms with E-state index in [9.17, 15) is 4.79 Å². The molecule has 3 heteroatoms. The number of aromatic amines is 1. The number of rotatable bonds is 3. The van der Waals surface area contributed by atoms with E-state index in [1.807, 2.05) is 51.2 Å². The summed E-state index contributed by atoms with van der Waals surface area (Å²) in [5, 5.41) is 1.12. The summed E-state index contributed by atoms with van der Waals surface area (Å²) in [4.78, 5) is 16.8. The summed E-state index contributed by atoms with van der Waals surface area (Å²) >= 11 is 0. The van der Waals surface area contributed by atoms with Gasteiger partial charge >= 0.3 is 0 Å². The van der Waals surface area contributed by atoms with Gasteiger partial charge in [-0.25, -0.2) is 0 Å². The van der Waals surface area contributed by atoms with Gasteiger partial charge in [0, 0.05) is 24.3 Å². The fourth-order valence-corrected chi connectivity index (χ4v) is 1.66. The molecule has 1 N–H and O–H groups in total. The molecule has 1 radical (unpaired) electrons. The molecular weight excluding hydrogens is 212 g/mol. The minimum absolute atomic E-state index is 0.0200. The Morgan fingerprint density at radius 1 is 1.35 bits per heavy atom. The van der Waals surface area contributed by atoms with E-state index < -0.39 is 0 Å². The van der Waals surface area contributed by atoms with Gasteiger partial charge in [0.2, 0.25) is 5.91 Å². The molecule has 0 saturated heterocycles. The second-order valence-electron chi connectivity index (χ2n) is 4.50. The third-order valence-corrected chi connectivity index (χ3v) is 2.95. The fraction of sp³-hybridized carbons (Fsp3) is 0.286. The molecule has 89 valence electrons. The quantitative estimate of drug-likeness (QED) is 0.862. The zero-order valence-corrected chi connectivity index (χ0v) is 10.4. The number of amides is 1. The maximum absolute atomic E-state index is 11.9. The van der Waals surface area contributed by atoms with Crippen LogP contribution in [0.25, 0.3) is 10.9 Å². The molecule has 1 amide bonds. The first-order valence-corrected chi connectivity index (χ1v) is 5.77. The molecule has 2 aromatic rings. The topological polar surface area (TPSA) is 36.1 Å². The molecule has 3 nitrogen and oxygen atoms in total. The molecule has 0 unspecified atom stereocenters. The number of hydrogen-bond acceptors (Lipinski definition) is 1. The lowest BCUT2D eigenvalue weighted by Gasteiger charge is -2.20. The molecule has 0 aliphatic rings.